The minimum atomic E-state index is -0.411. The van der Waals surface area contributed by atoms with Crippen LogP contribution in [0.3, 0.4) is 0 Å². The predicted octanol–water partition coefficient (Wildman–Crippen LogP) is 2.10. The molecular weight excluding hydrogens is 236 g/mol. The zero-order valence-electron chi connectivity index (χ0n) is 8.97. The van der Waals surface area contributed by atoms with E-state index in [9.17, 15) is 4.79 Å². The number of rotatable bonds is 2. The minimum absolute atomic E-state index is 0.0373. The molecule has 0 atom stereocenters. The molecule has 2 heterocycles. The van der Waals surface area contributed by atoms with Gasteiger partial charge in [0.2, 0.25) is 0 Å². The number of pyridine rings is 1. The van der Waals surface area contributed by atoms with Crippen LogP contribution in [0.2, 0.25) is 0 Å². The number of thioether (sulfide) groups is 1. The lowest BCUT2D eigenvalue weighted by molar-refractivity contribution is 1.04. The first-order valence-electron chi connectivity index (χ1n) is 4.72. The first kappa shape index (κ1) is 11.4. The van der Waals surface area contributed by atoms with Gasteiger partial charge >= 0.3 is 0 Å². The number of hydrogen-bond donors (Lipinski definition) is 1. The second kappa shape index (κ2) is 4.80. The van der Waals surface area contributed by atoms with Crippen LogP contribution >= 0.6 is 11.8 Å². The SMILES string of the molecule is [C-]#[N+]c1c(SC)nc(-c2ccncc2)[nH]c1=O. The smallest absolute Gasteiger partial charge is 0.281 e. The van der Waals surface area contributed by atoms with E-state index in [0.717, 1.165) is 5.56 Å². The van der Waals surface area contributed by atoms with Gasteiger partial charge in [-0.25, -0.2) is 9.83 Å². The van der Waals surface area contributed by atoms with Crippen molar-refractivity contribution >= 4 is 17.4 Å². The molecule has 17 heavy (non-hydrogen) atoms. The second-order valence-electron chi connectivity index (χ2n) is 3.12. The largest absolute Gasteiger partial charge is 0.316 e. The summed E-state index contributed by atoms with van der Waals surface area (Å²) >= 11 is 1.28. The van der Waals surface area contributed by atoms with Crippen molar-refractivity contribution in [2.24, 2.45) is 0 Å². The highest BCUT2D eigenvalue weighted by molar-refractivity contribution is 7.98. The number of aromatic nitrogens is 3. The maximum atomic E-state index is 11.7. The van der Waals surface area contributed by atoms with E-state index in [1.807, 2.05) is 0 Å². The number of nitrogens with zero attached hydrogens (tertiary/aromatic N) is 3. The monoisotopic (exact) mass is 244 g/mol. The van der Waals surface area contributed by atoms with Crippen LogP contribution in [0.5, 0.6) is 0 Å². The molecule has 2 aromatic heterocycles. The first-order chi connectivity index (χ1) is 8.26. The van der Waals surface area contributed by atoms with Crippen molar-refractivity contribution in [3.63, 3.8) is 0 Å². The lowest BCUT2D eigenvalue weighted by Gasteiger charge is -2.03. The Morgan fingerprint density at radius 1 is 1.41 bits per heavy atom. The van der Waals surface area contributed by atoms with Crippen LogP contribution in [0, 0.1) is 6.57 Å². The van der Waals surface area contributed by atoms with Gasteiger partial charge in [-0.15, -0.1) is 11.8 Å². The summed E-state index contributed by atoms with van der Waals surface area (Å²) in [4.78, 5) is 25.6. The molecule has 6 heteroatoms. The fourth-order valence-corrected chi connectivity index (χ4v) is 1.85. The molecule has 84 valence electrons. The average molecular weight is 244 g/mol. The Labute approximate surface area is 102 Å². The summed E-state index contributed by atoms with van der Waals surface area (Å²) in [5.74, 6) is 0.453. The zero-order valence-corrected chi connectivity index (χ0v) is 9.78. The minimum Gasteiger partial charge on any atom is -0.316 e. The highest BCUT2D eigenvalue weighted by Gasteiger charge is 2.11. The van der Waals surface area contributed by atoms with E-state index < -0.39 is 5.56 Å². The summed E-state index contributed by atoms with van der Waals surface area (Å²) < 4.78 is 0. The highest BCUT2D eigenvalue weighted by Crippen LogP contribution is 2.24. The third-order valence-corrected chi connectivity index (χ3v) is 2.79. The highest BCUT2D eigenvalue weighted by atomic mass is 32.2. The summed E-state index contributed by atoms with van der Waals surface area (Å²) in [6.07, 6.45) is 5.03. The fourth-order valence-electron chi connectivity index (χ4n) is 1.33. The number of nitrogens with one attached hydrogen (secondary N) is 1. The topological polar surface area (TPSA) is 63.0 Å². The van der Waals surface area contributed by atoms with Gasteiger partial charge in [0.05, 0.1) is 6.57 Å². The molecule has 1 N–H and O–H groups in total. The second-order valence-corrected chi connectivity index (χ2v) is 3.92. The molecule has 2 aromatic rings. The number of H-pyrrole nitrogens is 1. The van der Waals surface area contributed by atoms with Gasteiger partial charge in [-0.2, -0.15) is 0 Å². The number of hydrogen-bond acceptors (Lipinski definition) is 4. The van der Waals surface area contributed by atoms with E-state index in [1.54, 1.807) is 30.8 Å². The van der Waals surface area contributed by atoms with Crippen LogP contribution in [0.25, 0.3) is 16.2 Å². The lowest BCUT2D eigenvalue weighted by atomic mass is 10.2. The Bertz CT molecular complexity index is 630. The molecule has 2 rings (SSSR count). The Hall–Kier alpha value is -2.13. The summed E-state index contributed by atoms with van der Waals surface area (Å²) in [6, 6.07) is 3.50. The van der Waals surface area contributed by atoms with Crippen molar-refractivity contribution in [1.82, 2.24) is 15.0 Å². The van der Waals surface area contributed by atoms with Crippen LogP contribution < -0.4 is 5.56 Å². The van der Waals surface area contributed by atoms with Gasteiger partial charge in [0, 0.05) is 18.0 Å². The average Bonchev–Trinajstić information content (AvgIpc) is 2.38. The van der Waals surface area contributed by atoms with Crippen LogP contribution in [-0.4, -0.2) is 21.2 Å². The molecule has 0 saturated carbocycles. The zero-order chi connectivity index (χ0) is 12.3. The summed E-state index contributed by atoms with van der Waals surface area (Å²) in [6.45, 7) is 6.95. The van der Waals surface area contributed by atoms with E-state index in [0.29, 0.717) is 10.9 Å². The molecule has 0 bridgehead atoms. The number of aromatic amines is 1. The molecule has 0 radical (unpaired) electrons. The standard InChI is InChI=1S/C11H8N4OS/c1-12-8-10(16)14-9(15-11(8)17-2)7-3-5-13-6-4-7/h3-6H,2H3,(H,14,15,16). The van der Waals surface area contributed by atoms with E-state index in [2.05, 4.69) is 19.8 Å². The van der Waals surface area contributed by atoms with Crippen molar-refractivity contribution < 1.29 is 0 Å². The van der Waals surface area contributed by atoms with Crippen LogP contribution in [-0.2, 0) is 0 Å². The molecule has 0 aliphatic carbocycles. The van der Waals surface area contributed by atoms with Crippen LogP contribution in [0.1, 0.15) is 0 Å². The third kappa shape index (κ3) is 2.19. The quantitative estimate of drug-likeness (QED) is 0.499. The molecule has 0 amide bonds. The van der Waals surface area contributed by atoms with Crippen molar-refractivity contribution in [3.05, 3.63) is 46.3 Å². The Morgan fingerprint density at radius 2 is 2.12 bits per heavy atom. The van der Waals surface area contributed by atoms with Gasteiger partial charge in [0.1, 0.15) is 10.9 Å². The molecule has 0 aliphatic heterocycles. The maximum Gasteiger partial charge on any atom is 0.281 e. The van der Waals surface area contributed by atoms with Gasteiger partial charge in [0.15, 0.2) is 0 Å². The van der Waals surface area contributed by atoms with Gasteiger partial charge in [-0.3, -0.25) is 9.78 Å². The summed E-state index contributed by atoms with van der Waals surface area (Å²) in [7, 11) is 0. The summed E-state index contributed by atoms with van der Waals surface area (Å²) in [5, 5.41) is 0.440. The van der Waals surface area contributed by atoms with Crippen LogP contribution in [0.4, 0.5) is 5.69 Å². The molecule has 0 aromatic carbocycles. The third-order valence-electron chi connectivity index (χ3n) is 2.12. The van der Waals surface area contributed by atoms with Gasteiger partial charge in [-0.1, -0.05) is 0 Å². The van der Waals surface area contributed by atoms with E-state index >= 15 is 0 Å². The molecule has 0 fully saturated rings. The van der Waals surface area contributed by atoms with Crippen molar-refractivity contribution in [1.29, 1.82) is 0 Å². The fraction of sp³-hybridized carbons (Fsp3) is 0.0909. The Balaban J connectivity index is 2.64. The normalized spacial score (nSPS) is 9.88. The predicted molar refractivity (Wildman–Crippen MR) is 66.1 cm³/mol. The van der Waals surface area contributed by atoms with E-state index in [-0.39, 0.29) is 5.69 Å². The van der Waals surface area contributed by atoms with Gasteiger partial charge in [-0.05, 0) is 18.4 Å². The van der Waals surface area contributed by atoms with Crippen molar-refractivity contribution in [3.8, 4) is 11.4 Å². The molecule has 0 unspecified atom stereocenters. The van der Waals surface area contributed by atoms with Crippen molar-refractivity contribution in [2.75, 3.05) is 6.26 Å². The molecule has 0 saturated heterocycles. The first-order valence-corrected chi connectivity index (χ1v) is 5.95. The van der Waals surface area contributed by atoms with E-state index in [1.165, 1.54) is 11.8 Å². The Kier molecular flexibility index (Phi) is 3.21. The van der Waals surface area contributed by atoms with Crippen LogP contribution in [0.15, 0.2) is 34.3 Å². The summed E-state index contributed by atoms with van der Waals surface area (Å²) in [5.41, 5.74) is 0.394. The molecule has 0 aliphatic rings. The van der Waals surface area contributed by atoms with Gasteiger partial charge in [0.25, 0.3) is 11.2 Å². The Morgan fingerprint density at radius 3 is 2.71 bits per heavy atom. The molecule has 0 spiro atoms. The molecule has 5 nitrogen and oxygen atoms in total. The lowest BCUT2D eigenvalue weighted by Crippen LogP contribution is -2.09. The molecular formula is C11H8N4OS. The van der Waals surface area contributed by atoms with E-state index in [4.69, 9.17) is 6.57 Å². The van der Waals surface area contributed by atoms with Gasteiger partial charge < -0.3 is 4.98 Å². The van der Waals surface area contributed by atoms with Crippen molar-refractivity contribution in [2.45, 2.75) is 5.03 Å². The maximum absolute atomic E-state index is 11.7.